The zero-order chi connectivity index (χ0) is 21.8. The van der Waals surface area contributed by atoms with Gasteiger partial charge >= 0.3 is 12.0 Å². The van der Waals surface area contributed by atoms with Gasteiger partial charge in [-0.1, -0.05) is 49.9 Å². The molecule has 168 valence electrons. The van der Waals surface area contributed by atoms with Crippen LogP contribution >= 0.6 is 23.1 Å². The largest absolute Gasteiger partial charge is 0.477 e. The summed E-state index contributed by atoms with van der Waals surface area (Å²) in [4.78, 5) is 35.2. The van der Waals surface area contributed by atoms with Crippen LogP contribution in [0.2, 0.25) is 0 Å². The minimum absolute atomic E-state index is 0.0325. The molecule has 0 saturated heterocycles. The van der Waals surface area contributed by atoms with E-state index in [4.69, 9.17) is 0 Å². The fourth-order valence-corrected chi connectivity index (χ4v) is 6.44. The number of hydrogen-bond donors (Lipinski definition) is 2. The van der Waals surface area contributed by atoms with Crippen molar-refractivity contribution in [2.45, 2.75) is 85.7 Å². The lowest BCUT2D eigenvalue weighted by Gasteiger charge is -2.41. The molecule has 2 aromatic heterocycles. The number of nitrogens with one attached hydrogen (secondary N) is 1. The minimum Gasteiger partial charge on any atom is -0.477 e. The number of carboxylic acids is 1. The average Bonchev–Trinajstić information content (AvgIpc) is 3.36. The second-order valence-corrected chi connectivity index (χ2v) is 10.6. The number of anilines is 1. The lowest BCUT2D eigenvalue weighted by molar-refractivity contribution is 0.0685. The summed E-state index contributed by atoms with van der Waals surface area (Å²) in [7, 11) is 1.68. The molecule has 0 unspecified atom stereocenters. The van der Waals surface area contributed by atoms with E-state index in [1.807, 2.05) is 0 Å². The lowest BCUT2D eigenvalue weighted by Crippen LogP contribution is -2.50. The first kappa shape index (κ1) is 22.1. The molecule has 0 aromatic carbocycles. The van der Waals surface area contributed by atoms with Gasteiger partial charge in [0.15, 0.2) is 10.3 Å². The number of carbonyl (C=O) groups excluding carboxylic acids is 1. The van der Waals surface area contributed by atoms with Crippen LogP contribution in [0.15, 0.2) is 21.8 Å². The van der Waals surface area contributed by atoms with E-state index in [-0.39, 0.29) is 11.7 Å². The van der Waals surface area contributed by atoms with Crippen LogP contribution in [0, 0.1) is 0 Å². The maximum Gasteiger partial charge on any atom is 0.354 e. The number of carboxylic acid groups (broad SMARTS) is 1. The highest BCUT2D eigenvalue weighted by molar-refractivity contribution is 8.01. The van der Waals surface area contributed by atoms with Crippen LogP contribution < -0.4 is 5.32 Å². The van der Waals surface area contributed by atoms with Crippen molar-refractivity contribution in [2.24, 2.45) is 7.05 Å². The van der Waals surface area contributed by atoms with Gasteiger partial charge in [0.25, 0.3) is 0 Å². The number of nitrogens with zero attached hydrogens (tertiary/aromatic N) is 4. The topological polar surface area (TPSA) is 100 Å². The number of imidazole rings is 1. The molecule has 0 spiro atoms. The van der Waals surface area contributed by atoms with Gasteiger partial charge in [0.1, 0.15) is 5.69 Å². The molecule has 2 amide bonds. The molecule has 4 rings (SSSR count). The first-order chi connectivity index (χ1) is 15.0. The minimum atomic E-state index is -1.01. The van der Waals surface area contributed by atoms with Gasteiger partial charge in [-0.25, -0.2) is 19.6 Å². The van der Waals surface area contributed by atoms with Crippen molar-refractivity contribution in [1.29, 1.82) is 0 Å². The third-order valence-corrected chi connectivity index (χ3v) is 8.30. The van der Waals surface area contributed by atoms with Gasteiger partial charge in [-0.15, -0.1) is 0 Å². The summed E-state index contributed by atoms with van der Waals surface area (Å²) < 4.78 is 2.39. The highest BCUT2D eigenvalue weighted by Gasteiger charge is 2.32. The molecule has 8 nitrogen and oxygen atoms in total. The Morgan fingerprint density at radius 3 is 2.23 bits per heavy atom. The molecule has 0 radical (unpaired) electrons. The first-order valence-corrected chi connectivity index (χ1v) is 12.6. The van der Waals surface area contributed by atoms with Crippen LogP contribution in [-0.2, 0) is 7.05 Å². The monoisotopic (exact) mass is 463 g/mol. The second-order valence-electron chi connectivity index (χ2n) is 8.30. The third kappa shape index (κ3) is 5.23. The quantitative estimate of drug-likeness (QED) is 0.609. The molecule has 2 N–H and O–H groups in total. The highest BCUT2D eigenvalue weighted by atomic mass is 32.2. The van der Waals surface area contributed by atoms with Crippen LogP contribution in [0.1, 0.15) is 74.7 Å². The summed E-state index contributed by atoms with van der Waals surface area (Å²) in [5, 5.41) is 13.4. The van der Waals surface area contributed by atoms with Crippen LogP contribution in [0.4, 0.5) is 9.93 Å². The summed E-state index contributed by atoms with van der Waals surface area (Å²) in [6.45, 7) is 0. The van der Waals surface area contributed by atoms with Crippen molar-refractivity contribution in [3.05, 3.63) is 18.1 Å². The molecular weight excluding hydrogens is 434 g/mol. The summed E-state index contributed by atoms with van der Waals surface area (Å²) in [6, 6.07) is 0.621. The summed E-state index contributed by atoms with van der Waals surface area (Å²) in [5.41, 5.74) is 0.135. The Kier molecular flexibility index (Phi) is 7.16. The Balaban J connectivity index is 1.44. The Labute approximate surface area is 190 Å². The van der Waals surface area contributed by atoms with Crippen LogP contribution in [-0.4, -0.2) is 48.6 Å². The molecule has 2 heterocycles. The highest BCUT2D eigenvalue weighted by Crippen LogP contribution is 2.35. The number of aromatic nitrogens is 3. The molecule has 2 fully saturated rings. The smallest absolute Gasteiger partial charge is 0.354 e. The summed E-state index contributed by atoms with van der Waals surface area (Å²) in [6.07, 6.45) is 14.7. The molecule has 10 heteroatoms. The van der Waals surface area contributed by atoms with Crippen molar-refractivity contribution < 1.29 is 14.7 Å². The first-order valence-electron chi connectivity index (χ1n) is 11.0. The van der Waals surface area contributed by atoms with Gasteiger partial charge in [0.2, 0.25) is 0 Å². The molecule has 2 aliphatic carbocycles. The standard InChI is InChI=1S/C21H29N5O3S2/c1-25-16(18(27)28)12-23-21(25)31-17-13-22-19(30-17)24-20(29)26(14-8-4-2-5-9-14)15-10-6-3-7-11-15/h12-15H,2-11H2,1H3,(H,27,28)(H,22,24,29). The van der Waals surface area contributed by atoms with Crippen molar-refractivity contribution in [3.63, 3.8) is 0 Å². The molecule has 0 aliphatic heterocycles. The van der Waals surface area contributed by atoms with Gasteiger partial charge in [-0.3, -0.25) is 5.32 Å². The fraction of sp³-hybridized carbons (Fsp3) is 0.619. The molecular formula is C21H29N5O3S2. The van der Waals surface area contributed by atoms with Crippen molar-refractivity contribution in [2.75, 3.05) is 5.32 Å². The predicted molar refractivity (Wildman–Crippen MR) is 121 cm³/mol. The third-order valence-electron chi connectivity index (χ3n) is 6.23. The lowest BCUT2D eigenvalue weighted by atomic mass is 9.89. The molecule has 0 atom stereocenters. The zero-order valence-corrected chi connectivity index (χ0v) is 19.4. The van der Waals surface area contributed by atoms with Gasteiger partial charge in [0.05, 0.1) is 16.6 Å². The average molecular weight is 464 g/mol. The van der Waals surface area contributed by atoms with E-state index in [1.165, 1.54) is 67.8 Å². The fourth-order valence-electron chi connectivity index (χ4n) is 4.64. The van der Waals surface area contributed by atoms with Gasteiger partial charge in [-0.05, 0) is 37.4 Å². The van der Waals surface area contributed by atoms with E-state index in [2.05, 4.69) is 20.2 Å². The van der Waals surface area contributed by atoms with Crippen LogP contribution in [0.3, 0.4) is 0 Å². The number of urea groups is 1. The van der Waals surface area contributed by atoms with Crippen LogP contribution in [0.5, 0.6) is 0 Å². The Hall–Kier alpha value is -2.07. The van der Waals surface area contributed by atoms with E-state index in [0.29, 0.717) is 22.4 Å². The normalized spacial score (nSPS) is 18.1. The molecule has 2 aliphatic rings. The Morgan fingerprint density at radius 1 is 1.06 bits per heavy atom. The summed E-state index contributed by atoms with van der Waals surface area (Å²) in [5.74, 6) is -1.01. The number of amides is 2. The van der Waals surface area contributed by atoms with E-state index in [9.17, 15) is 14.7 Å². The Morgan fingerprint density at radius 2 is 1.68 bits per heavy atom. The summed E-state index contributed by atoms with van der Waals surface area (Å²) >= 11 is 2.73. The van der Waals surface area contributed by atoms with Gasteiger partial charge in [0, 0.05) is 19.1 Å². The van der Waals surface area contributed by atoms with E-state index < -0.39 is 5.97 Å². The maximum atomic E-state index is 13.3. The number of hydrogen-bond acceptors (Lipinski definition) is 6. The van der Waals surface area contributed by atoms with E-state index in [0.717, 1.165) is 29.9 Å². The zero-order valence-electron chi connectivity index (χ0n) is 17.7. The van der Waals surface area contributed by atoms with Crippen molar-refractivity contribution in [1.82, 2.24) is 19.4 Å². The maximum absolute atomic E-state index is 13.3. The molecule has 0 bridgehead atoms. The number of rotatable bonds is 6. The number of carbonyl (C=O) groups is 2. The van der Waals surface area contributed by atoms with Gasteiger partial charge < -0.3 is 14.6 Å². The van der Waals surface area contributed by atoms with Gasteiger partial charge in [-0.2, -0.15) is 0 Å². The van der Waals surface area contributed by atoms with Crippen molar-refractivity contribution >= 4 is 40.2 Å². The number of aromatic carboxylic acids is 1. The second kappa shape index (κ2) is 10.0. The van der Waals surface area contributed by atoms with E-state index >= 15 is 0 Å². The molecule has 31 heavy (non-hydrogen) atoms. The molecule has 2 aromatic rings. The Bertz CT molecular complexity index is 898. The number of thiazole rings is 1. The van der Waals surface area contributed by atoms with Crippen molar-refractivity contribution in [3.8, 4) is 0 Å². The SMILES string of the molecule is Cn1c(C(=O)O)cnc1Sc1cnc(NC(=O)N(C2CCCCC2)C2CCCCC2)s1. The predicted octanol–water partition coefficient (Wildman–Crippen LogP) is 5.23. The van der Waals surface area contributed by atoms with E-state index in [1.54, 1.807) is 17.8 Å². The molecule has 2 saturated carbocycles. The van der Waals surface area contributed by atoms with Crippen LogP contribution in [0.25, 0.3) is 0 Å².